The first-order valence-corrected chi connectivity index (χ1v) is 0.913. The lowest BCUT2D eigenvalue weighted by molar-refractivity contribution is 0.475. The molecule has 0 heterocycles. The van der Waals surface area contributed by atoms with Crippen molar-refractivity contribution in [2.24, 2.45) is 5.63 Å². The van der Waals surface area contributed by atoms with E-state index in [9.17, 15) is 12.9 Å². The van der Waals surface area contributed by atoms with Crippen LogP contribution in [-0.4, -0.2) is 7.11 Å². The Morgan fingerprint density at radius 2 is 1.80 bits per heavy atom. The minimum atomic E-state index is -5.39. The van der Waals surface area contributed by atoms with Gasteiger partial charge in [-0.2, -0.15) is 0 Å². The monoisotopic (exact) mass is 86.0 g/mol. The van der Waals surface area contributed by atoms with Crippen molar-refractivity contribution in [3.8, 4) is 0 Å². The van der Waals surface area contributed by atoms with Crippen molar-refractivity contribution in [1.82, 2.24) is 0 Å². The maximum atomic E-state index is 10.8. The highest BCUT2D eigenvalue weighted by Crippen LogP contribution is 1.94. The summed E-state index contributed by atoms with van der Waals surface area (Å²) in [6.45, 7) is 0. The number of hydrogen-bond acceptors (Lipinski definition) is 1. The third-order valence-electron chi connectivity index (χ3n) is 0. The Kier molecular flexibility index (Phi) is 0.371. The summed E-state index contributed by atoms with van der Waals surface area (Å²) >= 11 is 0. The molecule has 0 spiro atoms. The number of halogens is 3. The zero-order valence-electron chi connectivity index (χ0n) is 4.16. The van der Waals surface area contributed by atoms with Crippen LogP contribution in [0.5, 0.6) is 0 Å². The van der Waals surface area contributed by atoms with Gasteiger partial charge in [-0.1, -0.05) is 0 Å². The Labute approximate surface area is 30.0 Å². The smallest absolute Gasteiger partial charge is 0.434 e. The highest BCUT2D eigenvalue weighted by Gasteiger charge is 2.13. The van der Waals surface area contributed by atoms with E-state index in [0.717, 1.165) is 0 Å². The quantitative estimate of drug-likeness (QED) is 0.456. The van der Waals surface area contributed by atoms with Gasteiger partial charge >= 0.3 is 7.11 Å². The summed E-state index contributed by atoms with van der Waals surface area (Å²) in [5.74, 6) is 0. The summed E-state index contributed by atoms with van der Waals surface area (Å²) in [5, 5.41) is 0. The molecule has 0 aliphatic heterocycles. The molecule has 0 bridgehead atoms. The lowest BCUT2D eigenvalue weighted by atomic mass is 10.2. The number of rotatable bonds is 1. The maximum Gasteiger partial charge on any atom is 0.561 e. The predicted octanol–water partition coefficient (Wildman–Crippen LogP) is 0.289. The molecule has 0 radical (unpaired) electrons. The summed E-state index contributed by atoms with van der Waals surface area (Å²) in [5.41, 5.74) is -1.25. The molecule has 0 aromatic rings. The van der Waals surface area contributed by atoms with Crippen molar-refractivity contribution >= 4 is 7.11 Å². The molecule has 0 amide bonds. The van der Waals surface area contributed by atoms with E-state index >= 15 is 0 Å². The van der Waals surface area contributed by atoms with Gasteiger partial charge in [0.2, 0.25) is 0 Å². The highest BCUT2D eigenvalue weighted by molar-refractivity contribution is 6.54. The molecule has 0 fully saturated rings. The Morgan fingerprint density at radius 1 is 1.60 bits per heavy atom. The molecule has 0 rings (SSSR count). The minimum Gasteiger partial charge on any atom is -0.434 e. The van der Waals surface area contributed by atoms with Crippen LogP contribution in [0.3, 0.4) is 0 Å². The van der Waals surface area contributed by atoms with Crippen molar-refractivity contribution in [3.63, 3.8) is 0 Å². The maximum absolute atomic E-state index is 10.8. The van der Waals surface area contributed by atoms with Gasteiger partial charge in [-0.05, 0) is 0 Å². The molecule has 32 valence electrons. The van der Waals surface area contributed by atoms with Crippen molar-refractivity contribution in [2.45, 2.75) is 0 Å². The normalized spacial score (nSPS) is 18.4. The van der Waals surface area contributed by atoms with Crippen LogP contribution in [0.2, 0.25) is 2.82 Å². The predicted molar refractivity (Wildman–Crippen MR) is 13.3 cm³/mol. The van der Waals surface area contributed by atoms with E-state index in [-0.39, 0.29) is 0 Å². The molecule has 0 saturated carbocycles. The second-order valence-corrected chi connectivity index (χ2v) is 0.540. The average Bonchev–Trinajstić information content (AvgIpc) is 1.31. The van der Waals surface area contributed by atoms with E-state index in [2.05, 4.69) is 0 Å². The van der Waals surface area contributed by atoms with E-state index < -0.39 is 12.7 Å². The van der Waals surface area contributed by atoms with Gasteiger partial charge in [0.25, 0.3) is 0 Å². The van der Waals surface area contributed by atoms with Crippen LogP contribution < -0.4 is 5.63 Å². The Hall–Kier alpha value is -0.185. The van der Waals surface area contributed by atoms with Gasteiger partial charge in [0.05, 0.1) is 2.82 Å². The van der Waals surface area contributed by atoms with Crippen LogP contribution in [0.15, 0.2) is 0 Å². The molecule has 1 nitrogen and oxygen atoms in total. The standard InChI is InChI=1S/BF3H2N/c2-1(3,4)5/h5H2/q-1/i5D2. The van der Waals surface area contributed by atoms with Gasteiger partial charge in [0, 0.05) is 0 Å². The Balaban J connectivity index is 3.54. The van der Waals surface area contributed by atoms with Gasteiger partial charge in [-0.15, -0.1) is 0 Å². The fourth-order valence-electron chi connectivity index (χ4n) is 0. The van der Waals surface area contributed by atoms with Crippen LogP contribution in [-0.2, 0) is 0 Å². The summed E-state index contributed by atoms with van der Waals surface area (Å²) < 4.78 is 43.6. The zero-order chi connectivity index (χ0) is 6.08. The van der Waals surface area contributed by atoms with Crippen LogP contribution >= 0.6 is 0 Å². The Bertz CT molecular complexity index is 58.4. The summed E-state index contributed by atoms with van der Waals surface area (Å²) in [6, 6.07) is 0. The van der Waals surface area contributed by atoms with Crippen LogP contribution in [0.25, 0.3) is 0 Å². The summed E-state index contributed by atoms with van der Waals surface area (Å²) in [6.07, 6.45) is 0. The van der Waals surface area contributed by atoms with Crippen molar-refractivity contribution in [1.29, 1.82) is 0 Å². The molecule has 0 aliphatic rings. The van der Waals surface area contributed by atoms with Gasteiger partial charge in [-0.3, -0.25) is 0 Å². The minimum absolute atomic E-state index is 1.25. The third-order valence-corrected chi connectivity index (χ3v) is 0. The molecular weight excluding hydrogens is 81.8 g/mol. The lowest BCUT2D eigenvalue weighted by Gasteiger charge is -1.99. The van der Waals surface area contributed by atoms with Crippen LogP contribution in [0.4, 0.5) is 12.9 Å². The van der Waals surface area contributed by atoms with Gasteiger partial charge < -0.3 is 18.6 Å². The molecule has 0 saturated heterocycles. The lowest BCUT2D eigenvalue weighted by Crippen LogP contribution is -2.28. The van der Waals surface area contributed by atoms with E-state index in [1.807, 2.05) is 0 Å². The van der Waals surface area contributed by atoms with Crippen molar-refractivity contribution < 1.29 is 15.8 Å². The highest BCUT2D eigenvalue weighted by atomic mass is 19.4. The van der Waals surface area contributed by atoms with E-state index in [0.29, 0.717) is 0 Å². The first kappa shape index (κ1) is 2.07. The molecule has 5 heavy (non-hydrogen) atoms. The molecule has 0 aromatic carbocycles. The number of nitrogens with two attached hydrogens (primary N) is 1. The zero-order valence-corrected chi connectivity index (χ0v) is 2.16. The SMILES string of the molecule is [2H]N([2H])[B-](F)(F)F. The first-order chi connectivity index (χ1) is 2.94. The fraction of sp³-hybridized carbons (Fsp3) is 0. The average molecular weight is 85.8 g/mol. The Morgan fingerprint density at radius 3 is 1.80 bits per heavy atom. The topological polar surface area (TPSA) is 26.0 Å². The summed E-state index contributed by atoms with van der Waals surface area (Å²) in [4.78, 5) is 0. The van der Waals surface area contributed by atoms with E-state index in [1.54, 1.807) is 0 Å². The third kappa shape index (κ3) is 367. The van der Waals surface area contributed by atoms with Gasteiger partial charge in [-0.25, -0.2) is 0 Å². The molecule has 2 N–H and O–H groups in total. The summed E-state index contributed by atoms with van der Waals surface area (Å²) in [7, 11) is -5.39. The molecule has 0 aliphatic carbocycles. The largest absolute Gasteiger partial charge is 0.561 e. The second-order valence-electron chi connectivity index (χ2n) is 0.540. The van der Waals surface area contributed by atoms with E-state index in [4.69, 9.17) is 2.82 Å². The number of hydrogen-bond donors (Lipinski definition) is 1. The van der Waals surface area contributed by atoms with Crippen LogP contribution in [0.1, 0.15) is 0 Å². The molecule has 0 unspecified atom stereocenters. The van der Waals surface area contributed by atoms with Crippen LogP contribution in [0, 0.1) is 0 Å². The van der Waals surface area contributed by atoms with Gasteiger partial charge in [0.15, 0.2) is 0 Å². The molecule has 0 atom stereocenters. The molecule has 5 heteroatoms. The van der Waals surface area contributed by atoms with Crippen molar-refractivity contribution in [2.75, 3.05) is 0 Å². The molecule has 0 aromatic heterocycles. The van der Waals surface area contributed by atoms with Crippen molar-refractivity contribution in [3.05, 3.63) is 0 Å². The second kappa shape index (κ2) is 0.894. The fourth-order valence-corrected chi connectivity index (χ4v) is 0. The first-order valence-electron chi connectivity index (χ1n) is 1.81. The van der Waals surface area contributed by atoms with E-state index in [1.165, 1.54) is 0 Å². The van der Waals surface area contributed by atoms with Gasteiger partial charge in [0.1, 0.15) is 0 Å². The molecular formula is H2BF3N-.